The Balaban J connectivity index is 2.85. The molecule has 1 atom stereocenters. The number of carbonyl (C=O) groups excluding carboxylic acids is 1. The van der Waals surface area contributed by atoms with E-state index in [1.54, 1.807) is 19.1 Å². The van der Waals surface area contributed by atoms with E-state index < -0.39 is 24.6 Å². The number of carboxylic acid groups (broad SMARTS) is 1. The van der Waals surface area contributed by atoms with E-state index in [1.165, 1.54) is 17.0 Å². The van der Waals surface area contributed by atoms with E-state index in [4.69, 9.17) is 10.2 Å². The number of nitrogens with zero attached hydrogens (tertiary/aromatic N) is 1. The van der Waals surface area contributed by atoms with Gasteiger partial charge in [-0.15, -0.1) is 0 Å². The quantitative estimate of drug-likeness (QED) is 0.617. The lowest BCUT2D eigenvalue weighted by Gasteiger charge is -2.23. The molecule has 0 bridgehead atoms. The number of hydrogen-bond donors (Lipinski definition) is 4. The largest absolute Gasteiger partial charge is 0.508 e. The Bertz CT molecular complexity index is 463. The van der Waals surface area contributed by atoms with Crippen molar-refractivity contribution in [1.29, 1.82) is 0 Å². The number of phenolic OH excluding ortho intramolecular Hbond substituents is 1. The van der Waals surface area contributed by atoms with Gasteiger partial charge in [-0.1, -0.05) is 6.07 Å². The van der Waals surface area contributed by atoms with Crippen LogP contribution in [0.1, 0.15) is 6.92 Å². The molecule has 0 aliphatic heterocycles. The number of carboxylic acids is 1. The fraction of sp³-hybridized carbons (Fsp3) is 0.333. The second-order valence-electron chi connectivity index (χ2n) is 3.79. The molecule has 0 aromatic heterocycles. The van der Waals surface area contributed by atoms with Crippen LogP contribution in [-0.4, -0.2) is 46.5 Å². The summed E-state index contributed by atoms with van der Waals surface area (Å²) < 4.78 is 0. The highest BCUT2D eigenvalue weighted by atomic mass is 16.4. The minimum atomic E-state index is -1.36. The van der Waals surface area contributed by atoms with Crippen LogP contribution in [0.3, 0.4) is 0 Å². The second-order valence-corrected chi connectivity index (χ2v) is 3.79. The molecular formula is C12H16N2O5. The second kappa shape index (κ2) is 6.60. The third-order valence-corrected chi connectivity index (χ3v) is 2.48. The summed E-state index contributed by atoms with van der Waals surface area (Å²) in [6.07, 6.45) is 0. The number of benzene rings is 1. The van der Waals surface area contributed by atoms with Gasteiger partial charge in [-0.05, 0) is 19.1 Å². The average molecular weight is 268 g/mol. The molecule has 0 unspecified atom stereocenters. The summed E-state index contributed by atoms with van der Waals surface area (Å²) in [6, 6.07) is 4.01. The van der Waals surface area contributed by atoms with Crippen molar-refractivity contribution in [2.75, 3.05) is 18.1 Å². The molecule has 0 saturated heterocycles. The smallest absolute Gasteiger partial charge is 0.328 e. The van der Waals surface area contributed by atoms with Crippen molar-refractivity contribution >= 4 is 17.7 Å². The minimum Gasteiger partial charge on any atom is -0.508 e. The maximum Gasteiger partial charge on any atom is 0.328 e. The summed E-state index contributed by atoms with van der Waals surface area (Å²) in [7, 11) is 0. The Hall–Kier alpha value is -2.28. The van der Waals surface area contributed by atoms with Crippen LogP contribution in [-0.2, 0) is 4.79 Å². The molecule has 0 heterocycles. The lowest BCUT2D eigenvalue weighted by molar-refractivity contribution is -0.140. The van der Waals surface area contributed by atoms with Crippen molar-refractivity contribution in [1.82, 2.24) is 5.32 Å². The Morgan fingerprint density at radius 1 is 1.42 bits per heavy atom. The number of anilines is 1. The number of phenols is 1. The van der Waals surface area contributed by atoms with Gasteiger partial charge in [-0.2, -0.15) is 0 Å². The van der Waals surface area contributed by atoms with Crippen molar-refractivity contribution in [2.24, 2.45) is 0 Å². The number of aliphatic hydroxyl groups excluding tert-OH is 1. The average Bonchev–Trinajstić information content (AvgIpc) is 2.36. The lowest BCUT2D eigenvalue weighted by Crippen LogP contribution is -2.49. The molecule has 104 valence electrons. The van der Waals surface area contributed by atoms with E-state index in [1.807, 2.05) is 0 Å². The highest BCUT2D eigenvalue weighted by Gasteiger charge is 2.22. The first kappa shape index (κ1) is 14.8. The van der Waals surface area contributed by atoms with Crippen LogP contribution in [0.2, 0.25) is 0 Å². The number of carbonyl (C=O) groups is 2. The van der Waals surface area contributed by atoms with Gasteiger partial charge >= 0.3 is 12.0 Å². The number of hydrogen-bond acceptors (Lipinski definition) is 4. The standard InChI is InChI=1S/C12H16N2O5/c1-2-14(8-4-3-5-9(16)6-8)12(19)13-10(7-15)11(17)18/h3-6,10,15-16H,2,7H2,1H3,(H,13,19)(H,17,18)/t10-/m1/s1. The Morgan fingerprint density at radius 2 is 2.11 bits per heavy atom. The molecule has 0 fully saturated rings. The molecule has 1 rings (SSSR count). The number of aliphatic hydroxyl groups is 1. The van der Waals surface area contributed by atoms with Crippen LogP contribution in [0.15, 0.2) is 24.3 Å². The molecule has 0 spiro atoms. The maximum atomic E-state index is 11.9. The van der Waals surface area contributed by atoms with E-state index in [0.29, 0.717) is 5.69 Å². The van der Waals surface area contributed by atoms with Crippen molar-refractivity contribution < 1.29 is 24.9 Å². The summed E-state index contributed by atoms with van der Waals surface area (Å²) >= 11 is 0. The Labute approximate surface area is 110 Å². The monoisotopic (exact) mass is 268 g/mol. The zero-order valence-corrected chi connectivity index (χ0v) is 10.4. The number of rotatable bonds is 5. The van der Waals surface area contributed by atoms with E-state index in [0.717, 1.165) is 0 Å². The molecule has 4 N–H and O–H groups in total. The molecule has 2 amide bonds. The van der Waals surface area contributed by atoms with Gasteiger partial charge < -0.3 is 20.6 Å². The number of amides is 2. The third-order valence-electron chi connectivity index (χ3n) is 2.48. The van der Waals surface area contributed by atoms with Gasteiger partial charge in [0.1, 0.15) is 5.75 Å². The Morgan fingerprint density at radius 3 is 2.58 bits per heavy atom. The van der Waals surface area contributed by atoms with Gasteiger partial charge in [0.25, 0.3) is 0 Å². The third kappa shape index (κ3) is 3.85. The minimum absolute atomic E-state index is 0.000641. The van der Waals surface area contributed by atoms with E-state index >= 15 is 0 Å². The fourth-order valence-corrected chi connectivity index (χ4v) is 1.52. The number of aliphatic carboxylic acids is 1. The summed E-state index contributed by atoms with van der Waals surface area (Å²) in [4.78, 5) is 23.9. The van der Waals surface area contributed by atoms with Gasteiger partial charge in [0.15, 0.2) is 6.04 Å². The lowest BCUT2D eigenvalue weighted by atomic mass is 10.2. The van der Waals surface area contributed by atoms with Crippen LogP contribution in [0.4, 0.5) is 10.5 Å². The summed E-state index contributed by atoms with van der Waals surface area (Å²) in [5, 5.41) is 29.2. The van der Waals surface area contributed by atoms with Crippen molar-refractivity contribution in [2.45, 2.75) is 13.0 Å². The molecule has 7 heteroatoms. The fourth-order valence-electron chi connectivity index (χ4n) is 1.52. The maximum absolute atomic E-state index is 11.9. The van der Waals surface area contributed by atoms with Crippen LogP contribution in [0.5, 0.6) is 5.75 Å². The molecule has 0 aliphatic rings. The first-order valence-electron chi connectivity index (χ1n) is 5.70. The highest BCUT2D eigenvalue weighted by molar-refractivity contribution is 5.94. The SMILES string of the molecule is CCN(C(=O)N[C@H](CO)C(=O)O)c1cccc(O)c1. The molecule has 0 aliphatic carbocycles. The topological polar surface area (TPSA) is 110 Å². The van der Waals surface area contributed by atoms with Crippen molar-refractivity contribution in [3.05, 3.63) is 24.3 Å². The van der Waals surface area contributed by atoms with Crippen LogP contribution in [0, 0.1) is 0 Å². The van der Waals surface area contributed by atoms with Crippen LogP contribution < -0.4 is 10.2 Å². The summed E-state index contributed by atoms with van der Waals surface area (Å²) in [5.41, 5.74) is 0.432. The molecule has 7 nitrogen and oxygen atoms in total. The van der Waals surface area contributed by atoms with E-state index in [-0.39, 0.29) is 12.3 Å². The predicted octanol–water partition coefficient (Wildman–Crippen LogP) is 0.374. The normalized spacial score (nSPS) is 11.7. The first-order valence-corrected chi connectivity index (χ1v) is 5.70. The molecule has 0 saturated carbocycles. The zero-order chi connectivity index (χ0) is 14.4. The predicted molar refractivity (Wildman–Crippen MR) is 68.2 cm³/mol. The first-order chi connectivity index (χ1) is 8.99. The Kier molecular flexibility index (Phi) is 5.13. The number of aromatic hydroxyl groups is 1. The highest BCUT2D eigenvalue weighted by Crippen LogP contribution is 2.19. The molecule has 0 radical (unpaired) electrons. The molecule has 19 heavy (non-hydrogen) atoms. The van der Waals surface area contributed by atoms with Gasteiger partial charge in [-0.3, -0.25) is 4.90 Å². The molecule has 1 aromatic rings. The van der Waals surface area contributed by atoms with Crippen LogP contribution in [0.25, 0.3) is 0 Å². The number of urea groups is 1. The molecule has 1 aromatic carbocycles. The molecular weight excluding hydrogens is 252 g/mol. The number of nitrogens with one attached hydrogen (secondary N) is 1. The van der Waals surface area contributed by atoms with Crippen molar-refractivity contribution in [3.8, 4) is 5.75 Å². The van der Waals surface area contributed by atoms with Gasteiger partial charge in [0, 0.05) is 18.3 Å². The van der Waals surface area contributed by atoms with Gasteiger partial charge in [0.2, 0.25) is 0 Å². The summed E-state index contributed by atoms with van der Waals surface area (Å²) in [6.45, 7) is 1.30. The van der Waals surface area contributed by atoms with E-state index in [9.17, 15) is 14.7 Å². The van der Waals surface area contributed by atoms with Crippen LogP contribution >= 0.6 is 0 Å². The van der Waals surface area contributed by atoms with Gasteiger partial charge in [-0.25, -0.2) is 9.59 Å². The van der Waals surface area contributed by atoms with E-state index in [2.05, 4.69) is 5.32 Å². The zero-order valence-electron chi connectivity index (χ0n) is 10.4. The summed E-state index contributed by atoms with van der Waals surface area (Å²) in [5.74, 6) is -1.32. The van der Waals surface area contributed by atoms with Gasteiger partial charge in [0.05, 0.1) is 6.61 Å². The van der Waals surface area contributed by atoms with Crippen molar-refractivity contribution in [3.63, 3.8) is 0 Å².